The molecule has 3 aromatic rings. The molecule has 1 amide bonds. The Morgan fingerprint density at radius 2 is 1.81 bits per heavy atom. The molecule has 3 rings (SSSR count). The van der Waals surface area contributed by atoms with Gasteiger partial charge < -0.3 is 5.32 Å². The second kappa shape index (κ2) is 10.0. The number of carbonyl (C=O) groups excluding carboxylic acids is 1. The number of hydrogen-bond donors (Lipinski definition) is 1. The van der Waals surface area contributed by atoms with Gasteiger partial charge in [0.05, 0.1) is 28.8 Å². The van der Waals surface area contributed by atoms with E-state index in [1.165, 1.54) is 48.2 Å². The number of nitrogens with zero attached hydrogens (tertiary/aromatic N) is 3. The van der Waals surface area contributed by atoms with Crippen molar-refractivity contribution in [3.63, 3.8) is 0 Å². The molecule has 0 fully saturated rings. The molecule has 166 valence electrons. The molecule has 9 heteroatoms. The predicted octanol–water partition coefficient (Wildman–Crippen LogP) is 4.20. The van der Waals surface area contributed by atoms with Crippen LogP contribution in [0.3, 0.4) is 0 Å². The molecule has 0 aliphatic heterocycles. The lowest BCUT2D eigenvalue weighted by atomic mass is 10.1. The van der Waals surface area contributed by atoms with Crippen molar-refractivity contribution < 1.29 is 13.2 Å². The van der Waals surface area contributed by atoms with E-state index in [0.29, 0.717) is 10.7 Å². The third kappa shape index (κ3) is 5.40. The van der Waals surface area contributed by atoms with Crippen LogP contribution in [0.5, 0.6) is 0 Å². The first-order valence-electron chi connectivity index (χ1n) is 10.1. The first-order valence-corrected chi connectivity index (χ1v) is 12.3. The molecular formula is C23H24N4O3S2. The van der Waals surface area contributed by atoms with Crippen LogP contribution in [0.4, 0.5) is 5.13 Å². The number of aryl methyl sites for hydroxylation is 2. The van der Waals surface area contributed by atoms with Crippen molar-refractivity contribution in [2.24, 2.45) is 0 Å². The zero-order valence-electron chi connectivity index (χ0n) is 18.1. The van der Waals surface area contributed by atoms with Crippen molar-refractivity contribution in [1.82, 2.24) is 9.29 Å². The van der Waals surface area contributed by atoms with Gasteiger partial charge in [0.2, 0.25) is 15.9 Å². The lowest BCUT2D eigenvalue weighted by molar-refractivity contribution is -0.116. The Balaban J connectivity index is 1.68. The topological polar surface area (TPSA) is 103 Å². The summed E-state index contributed by atoms with van der Waals surface area (Å²) in [5.74, 6) is -0.483. The smallest absolute Gasteiger partial charge is 0.243 e. The van der Waals surface area contributed by atoms with Crippen molar-refractivity contribution in [2.45, 2.75) is 31.6 Å². The largest absolute Gasteiger partial charge is 0.301 e. The molecule has 0 radical (unpaired) electrons. The summed E-state index contributed by atoms with van der Waals surface area (Å²) < 4.78 is 26.3. The van der Waals surface area contributed by atoms with E-state index in [-0.39, 0.29) is 11.4 Å². The number of carbonyl (C=O) groups is 1. The minimum atomic E-state index is -3.86. The van der Waals surface area contributed by atoms with Crippen LogP contribution in [-0.2, 0) is 21.2 Å². The maximum Gasteiger partial charge on any atom is 0.243 e. The summed E-state index contributed by atoms with van der Waals surface area (Å²) in [7, 11) is -2.52. The quantitative estimate of drug-likeness (QED) is 0.534. The van der Waals surface area contributed by atoms with Crippen LogP contribution in [0, 0.1) is 18.3 Å². The van der Waals surface area contributed by atoms with E-state index >= 15 is 0 Å². The van der Waals surface area contributed by atoms with Crippen molar-refractivity contribution in [1.29, 1.82) is 5.26 Å². The molecule has 0 aliphatic rings. The summed E-state index contributed by atoms with van der Waals surface area (Å²) in [6, 6.07) is 15.7. The fourth-order valence-corrected chi connectivity index (χ4v) is 5.14. The van der Waals surface area contributed by atoms with Gasteiger partial charge in [-0.25, -0.2) is 13.4 Å². The summed E-state index contributed by atoms with van der Waals surface area (Å²) >= 11 is 1.35. The highest BCUT2D eigenvalue weighted by atomic mass is 32.2. The molecule has 0 aliphatic carbocycles. The van der Waals surface area contributed by atoms with Gasteiger partial charge in [0.1, 0.15) is 0 Å². The Labute approximate surface area is 192 Å². The number of sulfonamides is 1. The molecular weight excluding hydrogens is 444 g/mol. The number of anilines is 1. The zero-order valence-corrected chi connectivity index (χ0v) is 19.8. The molecule has 0 saturated carbocycles. The number of nitriles is 1. The molecule has 0 unspecified atom stereocenters. The Bertz CT molecular complexity index is 1240. The number of likely N-dealkylation sites (N-methyl/N-ethyl adjacent to an activating group) is 1. The van der Waals surface area contributed by atoms with Gasteiger partial charge in [0.25, 0.3) is 0 Å². The number of thiazole rings is 1. The molecule has 2 aromatic carbocycles. The number of benzene rings is 2. The second-order valence-electron chi connectivity index (χ2n) is 7.32. The minimum absolute atomic E-state index is 0.0192. The van der Waals surface area contributed by atoms with Crippen LogP contribution >= 0.6 is 11.3 Å². The second-order valence-corrected chi connectivity index (χ2v) is 10.6. The number of rotatable bonds is 8. The molecule has 0 atom stereocenters. The standard InChI is InChI=1S/C23H24N4O3S2/c1-4-5-17-6-10-19(11-7-17)22-16(2)31-23(26-22)25-21(28)15-27(3)32(29,30)20-12-8-18(14-24)9-13-20/h6-13H,4-5,15H2,1-3H3,(H,25,26,28). The van der Waals surface area contributed by atoms with E-state index in [1.807, 2.05) is 25.1 Å². The van der Waals surface area contributed by atoms with Crippen molar-refractivity contribution in [3.05, 3.63) is 64.5 Å². The summed E-state index contributed by atoms with van der Waals surface area (Å²) in [5.41, 5.74) is 3.40. The third-order valence-electron chi connectivity index (χ3n) is 4.87. The van der Waals surface area contributed by atoms with Gasteiger partial charge >= 0.3 is 0 Å². The fraction of sp³-hybridized carbons (Fsp3) is 0.261. The van der Waals surface area contributed by atoms with E-state index in [9.17, 15) is 13.2 Å². The first-order chi connectivity index (χ1) is 15.2. The van der Waals surface area contributed by atoms with Crippen LogP contribution in [0.15, 0.2) is 53.4 Å². The van der Waals surface area contributed by atoms with Gasteiger partial charge in [0.15, 0.2) is 5.13 Å². The van der Waals surface area contributed by atoms with Gasteiger partial charge in [-0.15, -0.1) is 11.3 Å². The minimum Gasteiger partial charge on any atom is -0.301 e. The normalized spacial score (nSPS) is 11.3. The first kappa shape index (κ1) is 23.6. The van der Waals surface area contributed by atoms with Gasteiger partial charge in [-0.1, -0.05) is 37.6 Å². The van der Waals surface area contributed by atoms with Crippen LogP contribution in [0.2, 0.25) is 0 Å². The lowest BCUT2D eigenvalue weighted by Crippen LogP contribution is -2.34. The van der Waals surface area contributed by atoms with Gasteiger partial charge in [-0.05, 0) is 43.2 Å². The number of amides is 1. The lowest BCUT2D eigenvalue weighted by Gasteiger charge is -2.16. The summed E-state index contributed by atoms with van der Waals surface area (Å²) in [6.45, 7) is 3.71. The highest BCUT2D eigenvalue weighted by molar-refractivity contribution is 7.89. The van der Waals surface area contributed by atoms with E-state index in [1.54, 1.807) is 0 Å². The Kier molecular flexibility index (Phi) is 7.40. The Morgan fingerprint density at radius 1 is 1.16 bits per heavy atom. The molecule has 7 nitrogen and oxygen atoms in total. The average Bonchev–Trinajstić information content (AvgIpc) is 3.14. The Hall–Kier alpha value is -3.06. The van der Waals surface area contributed by atoms with Crippen LogP contribution in [0.1, 0.15) is 29.3 Å². The number of nitrogens with one attached hydrogen (secondary N) is 1. The van der Waals surface area contributed by atoms with Crippen LogP contribution in [-0.4, -0.2) is 37.2 Å². The maximum atomic E-state index is 12.7. The average molecular weight is 469 g/mol. The van der Waals surface area contributed by atoms with Gasteiger partial charge in [0, 0.05) is 17.5 Å². The summed E-state index contributed by atoms with van der Waals surface area (Å²) in [6.07, 6.45) is 2.11. The van der Waals surface area contributed by atoms with E-state index in [4.69, 9.17) is 5.26 Å². The fourth-order valence-electron chi connectivity index (χ4n) is 3.16. The molecule has 32 heavy (non-hydrogen) atoms. The number of aromatic nitrogens is 1. The molecule has 1 heterocycles. The van der Waals surface area contributed by atoms with E-state index < -0.39 is 15.9 Å². The third-order valence-corrected chi connectivity index (χ3v) is 7.57. The van der Waals surface area contributed by atoms with E-state index in [0.717, 1.165) is 33.3 Å². The number of hydrogen-bond acceptors (Lipinski definition) is 6. The SMILES string of the molecule is CCCc1ccc(-c2nc(NC(=O)CN(C)S(=O)(=O)c3ccc(C#N)cc3)sc2C)cc1. The predicted molar refractivity (Wildman–Crippen MR) is 126 cm³/mol. The monoisotopic (exact) mass is 468 g/mol. The van der Waals surface area contributed by atoms with Crippen molar-refractivity contribution in [3.8, 4) is 17.3 Å². The summed E-state index contributed by atoms with van der Waals surface area (Å²) in [4.78, 5) is 18.0. The molecule has 0 saturated heterocycles. The highest BCUT2D eigenvalue weighted by Gasteiger charge is 2.23. The van der Waals surface area contributed by atoms with Crippen LogP contribution in [0.25, 0.3) is 11.3 Å². The highest BCUT2D eigenvalue weighted by Crippen LogP contribution is 2.30. The van der Waals surface area contributed by atoms with Crippen molar-refractivity contribution in [2.75, 3.05) is 18.9 Å². The van der Waals surface area contributed by atoms with Crippen LogP contribution < -0.4 is 5.32 Å². The molecule has 1 aromatic heterocycles. The van der Waals surface area contributed by atoms with Gasteiger partial charge in [-0.3, -0.25) is 4.79 Å². The van der Waals surface area contributed by atoms with Crippen molar-refractivity contribution >= 4 is 32.4 Å². The van der Waals surface area contributed by atoms with Gasteiger partial charge in [-0.2, -0.15) is 9.57 Å². The maximum absolute atomic E-state index is 12.7. The molecule has 1 N–H and O–H groups in total. The van der Waals surface area contributed by atoms with E-state index in [2.05, 4.69) is 29.4 Å². The zero-order chi connectivity index (χ0) is 23.3. The summed E-state index contributed by atoms with van der Waals surface area (Å²) in [5, 5.41) is 12.0. The molecule has 0 bridgehead atoms. The molecule has 0 spiro atoms. The Morgan fingerprint density at radius 3 is 2.41 bits per heavy atom.